The van der Waals surface area contributed by atoms with E-state index in [-0.39, 0.29) is 0 Å². The smallest absolute Gasteiger partial charge is 0.225 e. The van der Waals surface area contributed by atoms with E-state index in [9.17, 15) is 4.79 Å². The van der Waals surface area contributed by atoms with Crippen LogP contribution in [0.5, 0.6) is 5.75 Å². The number of ether oxygens (including phenoxy) is 1. The van der Waals surface area contributed by atoms with E-state index in [1.54, 1.807) is 18.4 Å². The molecule has 5 heteroatoms. The maximum atomic E-state index is 12.9. The minimum Gasteiger partial charge on any atom is -0.497 e. The minimum absolute atomic E-state index is 0.319. The summed E-state index contributed by atoms with van der Waals surface area (Å²) in [7, 11) is 1.71. The summed E-state index contributed by atoms with van der Waals surface area (Å²) in [5.41, 5.74) is 2.76. The molecule has 3 fully saturated rings. The lowest BCUT2D eigenvalue weighted by atomic mass is 9.82. The van der Waals surface area contributed by atoms with Crippen LogP contribution in [-0.2, 0) is 11.3 Å². The number of carbonyl (C=O) groups is 1. The monoisotopic (exact) mass is 396 g/mol. The van der Waals surface area contributed by atoms with Gasteiger partial charge in [-0.1, -0.05) is 12.1 Å². The second kappa shape index (κ2) is 7.53. The molecule has 4 nitrogen and oxygen atoms in total. The first-order valence-corrected chi connectivity index (χ1v) is 11.3. The Morgan fingerprint density at radius 1 is 1.14 bits per heavy atom. The average Bonchev–Trinajstić information content (AvgIpc) is 3.30. The highest BCUT2D eigenvalue weighted by Crippen LogP contribution is 2.44. The maximum absolute atomic E-state index is 12.9. The highest BCUT2D eigenvalue weighted by atomic mass is 32.1. The Balaban J connectivity index is 1.33. The van der Waals surface area contributed by atoms with Gasteiger partial charge in [0.1, 0.15) is 5.75 Å². The van der Waals surface area contributed by atoms with Gasteiger partial charge in [-0.3, -0.25) is 9.69 Å². The zero-order valence-corrected chi connectivity index (χ0v) is 17.2. The summed E-state index contributed by atoms with van der Waals surface area (Å²) in [5, 5.41) is 4.46. The Labute approximate surface area is 171 Å². The van der Waals surface area contributed by atoms with Gasteiger partial charge in [0.15, 0.2) is 0 Å². The normalized spacial score (nSPS) is 27.6. The van der Waals surface area contributed by atoms with Crippen molar-refractivity contribution in [1.29, 1.82) is 0 Å². The topological polar surface area (TPSA) is 32.8 Å². The van der Waals surface area contributed by atoms with Crippen LogP contribution in [0, 0.1) is 11.8 Å². The van der Waals surface area contributed by atoms with Crippen molar-refractivity contribution in [3.8, 4) is 5.75 Å². The summed E-state index contributed by atoms with van der Waals surface area (Å²) in [5.74, 6) is 2.68. The van der Waals surface area contributed by atoms with E-state index in [1.807, 2.05) is 12.1 Å². The first-order valence-electron chi connectivity index (χ1n) is 10.4. The zero-order chi connectivity index (χ0) is 19.1. The second-order valence-corrected chi connectivity index (χ2v) is 9.31. The zero-order valence-electron chi connectivity index (χ0n) is 16.4. The van der Waals surface area contributed by atoms with Crippen molar-refractivity contribution in [3.63, 3.8) is 0 Å². The van der Waals surface area contributed by atoms with E-state index >= 15 is 0 Å². The van der Waals surface area contributed by atoms with E-state index in [0.29, 0.717) is 29.7 Å². The number of piperidine rings is 1. The van der Waals surface area contributed by atoms with E-state index in [0.717, 1.165) is 51.2 Å². The Hall–Kier alpha value is -1.85. The molecule has 0 N–H and O–H groups in total. The number of hydrogen-bond donors (Lipinski definition) is 0. The number of carbonyl (C=O) groups excluding carboxylic acids is 1. The lowest BCUT2D eigenvalue weighted by molar-refractivity contribution is -0.134. The van der Waals surface area contributed by atoms with E-state index < -0.39 is 0 Å². The Morgan fingerprint density at radius 3 is 2.64 bits per heavy atom. The van der Waals surface area contributed by atoms with Crippen molar-refractivity contribution in [3.05, 3.63) is 52.2 Å². The SMILES string of the molecule is COc1ccc(CN2CC[C@H]3[C@@H](C2)[C@H](c2ccsc2)CN3C(=O)C2CC2)cc1. The highest BCUT2D eigenvalue weighted by molar-refractivity contribution is 7.08. The van der Waals surface area contributed by atoms with Crippen LogP contribution < -0.4 is 4.74 Å². The van der Waals surface area contributed by atoms with Gasteiger partial charge in [0.2, 0.25) is 5.91 Å². The van der Waals surface area contributed by atoms with Gasteiger partial charge < -0.3 is 9.64 Å². The Bertz CT molecular complexity index is 816. The fraction of sp³-hybridized carbons (Fsp3) is 0.522. The fourth-order valence-electron chi connectivity index (χ4n) is 5.09. The molecule has 0 radical (unpaired) electrons. The second-order valence-electron chi connectivity index (χ2n) is 8.53. The molecule has 0 bridgehead atoms. The lowest BCUT2D eigenvalue weighted by Gasteiger charge is -2.39. The van der Waals surface area contributed by atoms with E-state index in [1.165, 1.54) is 11.1 Å². The number of rotatable bonds is 5. The van der Waals surface area contributed by atoms with Gasteiger partial charge in [-0.05, 0) is 59.3 Å². The number of nitrogens with zero attached hydrogens (tertiary/aromatic N) is 2. The summed E-state index contributed by atoms with van der Waals surface area (Å²) in [6.07, 6.45) is 3.29. The molecule has 148 valence electrons. The van der Waals surface area contributed by atoms with Crippen molar-refractivity contribution in [2.75, 3.05) is 26.7 Å². The molecule has 1 aromatic carbocycles. The molecule has 3 heterocycles. The molecular weight excluding hydrogens is 368 g/mol. The standard InChI is InChI=1S/C23H28N2O2S/c1-27-19-6-2-16(3-7-19)12-24-10-8-22-21(13-24)20(18-9-11-28-15-18)14-25(22)23(26)17-4-5-17/h2-3,6-7,9,11,15,17,20-22H,4-5,8,10,12-14H2,1H3/t20-,21-,22-/m0/s1. The van der Waals surface area contributed by atoms with Gasteiger partial charge in [-0.25, -0.2) is 0 Å². The third kappa shape index (κ3) is 3.46. The number of methoxy groups -OCH3 is 1. The average molecular weight is 397 g/mol. The molecule has 1 saturated carbocycles. The first kappa shape index (κ1) is 18.2. The molecule has 3 aliphatic rings. The summed E-state index contributed by atoms with van der Waals surface area (Å²) in [4.78, 5) is 17.7. The molecule has 5 rings (SSSR count). The number of hydrogen-bond acceptors (Lipinski definition) is 4. The molecule has 1 amide bonds. The Kier molecular flexibility index (Phi) is 4.89. The molecule has 3 atom stereocenters. The molecule has 0 unspecified atom stereocenters. The van der Waals surface area contributed by atoms with Crippen LogP contribution in [0.1, 0.15) is 36.3 Å². The van der Waals surface area contributed by atoms with Crippen molar-refractivity contribution in [2.24, 2.45) is 11.8 Å². The van der Waals surface area contributed by atoms with Crippen molar-refractivity contribution >= 4 is 17.2 Å². The number of amides is 1. The molecule has 28 heavy (non-hydrogen) atoms. The predicted octanol–water partition coefficient (Wildman–Crippen LogP) is 3.98. The molecule has 1 aliphatic carbocycles. The Morgan fingerprint density at radius 2 is 1.96 bits per heavy atom. The van der Waals surface area contributed by atoms with Gasteiger partial charge >= 0.3 is 0 Å². The van der Waals surface area contributed by atoms with Gasteiger partial charge in [0, 0.05) is 50.0 Å². The van der Waals surface area contributed by atoms with Crippen LogP contribution in [0.15, 0.2) is 41.1 Å². The van der Waals surface area contributed by atoms with Crippen molar-refractivity contribution < 1.29 is 9.53 Å². The minimum atomic E-state index is 0.319. The molecule has 2 aliphatic heterocycles. The van der Waals surface area contributed by atoms with E-state index in [2.05, 4.69) is 38.8 Å². The number of thiophene rings is 1. The number of fused-ring (bicyclic) bond motifs is 1. The van der Waals surface area contributed by atoms with Crippen LogP contribution in [0.4, 0.5) is 0 Å². The summed E-state index contributed by atoms with van der Waals surface area (Å²) in [6.45, 7) is 4.03. The third-order valence-electron chi connectivity index (χ3n) is 6.76. The van der Waals surface area contributed by atoms with Crippen LogP contribution in [0.2, 0.25) is 0 Å². The summed E-state index contributed by atoms with van der Waals surface area (Å²) >= 11 is 1.77. The van der Waals surface area contributed by atoms with E-state index in [4.69, 9.17) is 4.74 Å². The molecular formula is C23H28N2O2S. The van der Waals surface area contributed by atoms with Crippen LogP contribution in [0.3, 0.4) is 0 Å². The maximum Gasteiger partial charge on any atom is 0.225 e. The summed E-state index contributed by atoms with van der Waals surface area (Å²) < 4.78 is 5.28. The van der Waals surface area contributed by atoms with Crippen LogP contribution in [-0.4, -0.2) is 48.5 Å². The fourth-order valence-corrected chi connectivity index (χ4v) is 5.82. The van der Waals surface area contributed by atoms with Crippen LogP contribution in [0.25, 0.3) is 0 Å². The van der Waals surface area contributed by atoms with Crippen molar-refractivity contribution in [1.82, 2.24) is 9.80 Å². The quantitative estimate of drug-likeness (QED) is 0.766. The molecule has 2 aromatic rings. The van der Waals surface area contributed by atoms with Gasteiger partial charge in [-0.2, -0.15) is 11.3 Å². The van der Waals surface area contributed by atoms with Crippen molar-refractivity contribution in [2.45, 2.75) is 37.8 Å². The number of likely N-dealkylation sites (tertiary alicyclic amines) is 2. The number of benzene rings is 1. The summed E-state index contributed by atoms with van der Waals surface area (Å²) in [6, 6.07) is 11.1. The largest absolute Gasteiger partial charge is 0.497 e. The van der Waals surface area contributed by atoms with Gasteiger partial charge in [0.05, 0.1) is 7.11 Å². The first-order chi connectivity index (χ1) is 13.7. The predicted molar refractivity (Wildman–Crippen MR) is 112 cm³/mol. The third-order valence-corrected chi connectivity index (χ3v) is 7.46. The highest BCUT2D eigenvalue weighted by Gasteiger charge is 2.49. The van der Waals surface area contributed by atoms with Gasteiger partial charge in [-0.15, -0.1) is 0 Å². The molecule has 0 spiro atoms. The molecule has 1 aromatic heterocycles. The van der Waals surface area contributed by atoms with Gasteiger partial charge in [0.25, 0.3) is 0 Å². The molecule has 2 saturated heterocycles. The lowest BCUT2D eigenvalue weighted by Crippen LogP contribution is -2.48. The van der Waals surface area contributed by atoms with Crippen LogP contribution >= 0.6 is 11.3 Å².